The van der Waals surface area contributed by atoms with Crippen molar-refractivity contribution in [3.63, 3.8) is 0 Å². The lowest BCUT2D eigenvalue weighted by Gasteiger charge is -2.17. The van der Waals surface area contributed by atoms with Crippen LogP contribution in [0.5, 0.6) is 5.75 Å². The molecule has 0 saturated carbocycles. The summed E-state index contributed by atoms with van der Waals surface area (Å²) in [6, 6.07) is 18.5. The van der Waals surface area contributed by atoms with Gasteiger partial charge in [-0.1, -0.05) is 48.0 Å². The lowest BCUT2D eigenvalue weighted by atomic mass is 10.00. The number of carbonyl (C=O) groups excluding carboxylic acids is 2. The van der Waals surface area contributed by atoms with Gasteiger partial charge in [-0.25, -0.2) is 14.6 Å². The summed E-state index contributed by atoms with van der Waals surface area (Å²) in [5, 5.41) is 22.7. The molecule has 4 aromatic rings. The number of fused-ring (bicyclic) bond motifs is 1. The first-order valence-corrected chi connectivity index (χ1v) is 11.2. The quantitative estimate of drug-likeness (QED) is 0.317. The molecule has 0 aliphatic heterocycles. The number of amides is 1. The monoisotopic (exact) mass is 504 g/mol. The minimum atomic E-state index is -1.23. The Labute approximate surface area is 211 Å². The molecule has 0 aliphatic rings. The summed E-state index contributed by atoms with van der Waals surface area (Å²) in [7, 11) is 1.20. The van der Waals surface area contributed by atoms with E-state index >= 15 is 0 Å². The van der Waals surface area contributed by atoms with Gasteiger partial charge in [-0.05, 0) is 47.5 Å². The normalized spacial score (nSPS) is 11.6. The molecule has 1 aromatic heterocycles. The number of esters is 1. The van der Waals surface area contributed by atoms with E-state index < -0.39 is 23.9 Å². The summed E-state index contributed by atoms with van der Waals surface area (Å²) < 4.78 is 4.81. The highest BCUT2D eigenvalue weighted by atomic mass is 35.5. The largest absolute Gasteiger partial charge is 0.508 e. The molecular formula is C27H21ClN2O6. The number of hydrogen-bond acceptors (Lipinski definition) is 6. The first-order valence-electron chi connectivity index (χ1n) is 10.9. The van der Waals surface area contributed by atoms with E-state index in [-0.39, 0.29) is 23.4 Å². The molecule has 0 bridgehead atoms. The number of aromatic nitrogens is 1. The number of carboxylic acids is 1. The van der Waals surface area contributed by atoms with Crippen LogP contribution in [-0.2, 0) is 16.0 Å². The number of nitrogens with zero attached hydrogens (tertiary/aromatic N) is 1. The lowest BCUT2D eigenvalue weighted by molar-refractivity contribution is -0.142. The van der Waals surface area contributed by atoms with Gasteiger partial charge >= 0.3 is 11.9 Å². The molecular weight excluding hydrogens is 484 g/mol. The number of carboxylic acid groups (broad SMARTS) is 1. The maximum Gasteiger partial charge on any atom is 0.336 e. The molecule has 3 aromatic carbocycles. The number of benzene rings is 3. The Morgan fingerprint density at radius 3 is 2.42 bits per heavy atom. The number of rotatable bonds is 7. The Balaban J connectivity index is 1.68. The number of pyridine rings is 1. The van der Waals surface area contributed by atoms with Crippen LogP contribution in [0.1, 0.15) is 26.4 Å². The molecule has 0 aliphatic carbocycles. The van der Waals surface area contributed by atoms with Gasteiger partial charge in [0.25, 0.3) is 5.91 Å². The highest BCUT2D eigenvalue weighted by molar-refractivity contribution is 6.33. The van der Waals surface area contributed by atoms with Crippen LogP contribution in [0.15, 0.2) is 72.8 Å². The van der Waals surface area contributed by atoms with Gasteiger partial charge in [0.1, 0.15) is 17.5 Å². The topological polar surface area (TPSA) is 126 Å². The maximum absolute atomic E-state index is 13.0. The Morgan fingerprint density at radius 2 is 1.75 bits per heavy atom. The third kappa shape index (κ3) is 5.29. The smallest absolute Gasteiger partial charge is 0.336 e. The molecule has 8 nitrogen and oxygen atoms in total. The van der Waals surface area contributed by atoms with Crippen molar-refractivity contribution in [1.82, 2.24) is 10.3 Å². The van der Waals surface area contributed by atoms with E-state index in [2.05, 4.69) is 10.3 Å². The molecule has 4 rings (SSSR count). The first-order chi connectivity index (χ1) is 17.3. The number of phenolic OH excluding ortho intramolecular Hbond substituents is 1. The van der Waals surface area contributed by atoms with Gasteiger partial charge < -0.3 is 20.3 Å². The Hall–Kier alpha value is -4.43. The van der Waals surface area contributed by atoms with E-state index in [1.165, 1.54) is 25.3 Å². The van der Waals surface area contributed by atoms with Crippen LogP contribution >= 0.6 is 11.6 Å². The van der Waals surface area contributed by atoms with Crippen LogP contribution in [0.3, 0.4) is 0 Å². The van der Waals surface area contributed by atoms with E-state index in [0.717, 1.165) is 5.56 Å². The van der Waals surface area contributed by atoms with E-state index in [0.29, 0.717) is 27.1 Å². The number of aromatic carboxylic acids is 1. The number of methoxy groups -OCH3 is 1. The number of halogens is 1. The average molecular weight is 505 g/mol. The van der Waals surface area contributed by atoms with Gasteiger partial charge in [0.05, 0.1) is 18.2 Å². The molecule has 0 spiro atoms. The van der Waals surface area contributed by atoms with Crippen LogP contribution in [0.4, 0.5) is 0 Å². The zero-order chi connectivity index (χ0) is 25.8. The molecule has 9 heteroatoms. The van der Waals surface area contributed by atoms with Crippen LogP contribution in [0, 0.1) is 0 Å². The second kappa shape index (κ2) is 10.5. The number of nitrogens with one attached hydrogen (secondary N) is 1. The lowest BCUT2D eigenvalue weighted by Crippen LogP contribution is -2.43. The second-order valence-corrected chi connectivity index (χ2v) is 8.40. The van der Waals surface area contributed by atoms with Crippen LogP contribution in [0.2, 0.25) is 5.02 Å². The third-order valence-corrected chi connectivity index (χ3v) is 5.95. The van der Waals surface area contributed by atoms with E-state index in [9.17, 15) is 24.6 Å². The van der Waals surface area contributed by atoms with E-state index in [1.54, 1.807) is 42.5 Å². The standard InChI is InChI=1S/C27H21ClN2O6/c1-36-27(35)24(12-15-6-9-17(31)10-7-15)30-25(32)23-14-20(26(33)34)19-13-16(8-11-22(19)29-23)18-4-2-3-5-21(18)28/h2-11,13-14,24,31H,12H2,1H3,(H,30,32)(H,33,34)/t24-/m0/s1. The van der Waals surface area contributed by atoms with Crippen molar-refractivity contribution < 1.29 is 29.3 Å². The summed E-state index contributed by atoms with van der Waals surface area (Å²) in [6.45, 7) is 0. The molecule has 3 N–H and O–H groups in total. The second-order valence-electron chi connectivity index (χ2n) is 7.99. The highest BCUT2D eigenvalue weighted by Gasteiger charge is 2.25. The molecule has 0 saturated heterocycles. The van der Waals surface area contributed by atoms with Gasteiger partial charge in [-0.3, -0.25) is 4.79 Å². The summed E-state index contributed by atoms with van der Waals surface area (Å²) in [5.74, 6) is -2.58. The van der Waals surface area contributed by atoms with Crippen molar-refractivity contribution in [2.24, 2.45) is 0 Å². The molecule has 0 unspecified atom stereocenters. The van der Waals surface area contributed by atoms with Crippen LogP contribution in [0.25, 0.3) is 22.0 Å². The van der Waals surface area contributed by atoms with Crippen LogP contribution in [-0.4, -0.2) is 46.2 Å². The van der Waals surface area contributed by atoms with Crippen molar-refractivity contribution in [2.75, 3.05) is 7.11 Å². The predicted molar refractivity (Wildman–Crippen MR) is 134 cm³/mol. The number of carbonyl (C=O) groups is 3. The fourth-order valence-electron chi connectivity index (χ4n) is 3.82. The maximum atomic E-state index is 13.0. The molecule has 1 atom stereocenters. The van der Waals surface area contributed by atoms with E-state index in [4.69, 9.17) is 16.3 Å². The number of aromatic hydroxyl groups is 1. The average Bonchev–Trinajstić information content (AvgIpc) is 2.88. The van der Waals surface area contributed by atoms with Gasteiger partial charge in [0.15, 0.2) is 0 Å². The molecule has 0 radical (unpaired) electrons. The predicted octanol–water partition coefficient (Wildman–Crippen LogP) is 4.47. The van der Waals surface area contributed by atoms with Gasteiger partial charge in [0.2, 0.25) is 0 Å². The van der Waals surface area contributed by atoms with Gasteiger partial charge in [0, 0.05) is 22.4 Å². The Bertz CT molecular complexity index is 1470. The van der Waals surface area contributed by atoms with Crippen molar-refractivity contribution in [3.05, 3.63) is 94.6 Å². The highest BCUT2D eigenvalue weighted by Crippen LogP contribution is 2.31. The summed E-state index contributed by atoms with van der Waals surface area (Å²) in [6.07, 6.45) is 0.0965. The number of phenols is 1. The van der Waals surface area contributed by atoms with E-state index in [1.807, 2.05) is 12.1 Å². The number of ether oxygens (including phenoxy) is 1. The van der Waals surface area contributed by atoms with Gasteiger partial charge in [-0.2, -0.15) is 0 Å². The fraction of sp³-hybridized carbons (Fsp3) is 0.111. The van der Waals surface area contributed by atoms with Crippen molar-refractivity contribution >= 4 is 40.3 Å². The van der Waals surface area contributed by atoms with Crippen molar-refractivity contribution in [2.45, 2.75) is 12.5 Å². The summed E-state index contributed by atoms with van der Waals surface area (Å²) in [5.41, 5.74) is 2.12. The Kier molecular flexibility index (Phi) is 7.17. The first kappa shape index (κ1) is 24.7. The SMILES string of the molecule is COC(=O)[C@H](Cc1ccc(O)cc1)NC(=O)c1cc(C(=O)O)c2cc(-c3ccccc3Cl)ccc2n1. The minimum absolute atomic E-state index is 0.0664. The molecule has 1 heterocycles. The zero-order valence-corrected chi connectivity index (χ0v) is 19.8. The molecule has 0 fully saturated rings. The summed E-state index contributed by atoms with van der Waals surface area (Å²) in [4.78, 5) is 41.8. The number of hydrogen-bond donors (Lipinski definition) is 3. The fourth-order valence-corrected chi connectivity index (χ4v) is 4.06. The molecule has 36 heavy (non-hydrogen) atoms. The van der Waals surface area contributed by atoms with Crippen molar-refractivity contribution in [3.8, 4) is 16.9 Å². The molecule has 182 valence electrons. The summed E-state index contributed by atoms with van der Waals surface area (Å²) >= 11 is 6.30. The third-order valence-electron chi connectivity index (χ3n) is 5.62. The minimum Gasteiger partial charge on any atom is -0.508 e. The van der Waals surface area contributed by atoms with Gasteiger partial charge in [-0.15, -0.1) is 0 Å². The zero-order valence-electron chi connectivity index (χ0n) is 19.1. The molecule has 1 amide bonds. The van der Waals surface area contributed by atoms with Crippen LogP contribution < -0.4 is 5.32 Å². The van der Waals surface area contributed by atoms with Crippen molar-refractivity contribution in [1.29, 1.82) is 0 Å². The Morgan fingerprint density at radius 1 is 1.03 bits per heavy atom.